The van der Waals surface area contributed by atoms with Crippen LogP contribution in [-0.2, 0) is 11.2 Å². The van der Waals surface area contributed by atoms with Crippen molar-refractivity contribution in [2.45, 2.75) is 12.8 Å². The van der Waals surface area contributed by atoms with Gasteiger partial charge in [0.2, 0.25) is 0 Å². The minimum absolute atomic E-state index is 0.292. The Labute approximate surface area is 84.8 Å². The first-order chi connectivity index (χ1) is 6.86. The van der Waals surface area contributed by atoms with Gasteiger partial charge in [-0.05, 0) is 37.1 Å². The summed E-state index contributed by atoms with van der Waals surface area (Å²) in [5, 5.41) is 0. The fourth-order valence-corrected chi connectivity index (χ4v) is 1.22. The van der Waals surface area contributed by atoms with E-state index in [0.29, 0.717) is 6.79 Å². The monoisotopic (exact) mass is 195 g/mol. The molecular weight excluding hydrogens is 178 g/mol. The van der Waals surface area contributed by atoms with Crippen LogP contribution in [0.2, 0.25) is 0 Å². The Bertz CT molecular complexity index is 240. The maximum absolute atomic E-state index is 5.44. The quantitative estimate of drug-likeness (QED) is 0.701. The molecule has 0 aliphatic carbocycles. The maximum atomic E-state index is 5.44. The lowest BCUT2D eigenvalue weighted by Gasteiger charge is -2.06. The topological polar surface area (TPSA) is 44.5 Å². The molecule has 0 fully saturated rings. The molecule has 1 aromatic rings. The fraction of sp³-hybridized carbons (Fsp3) is 0.455. The van der Waals surface area contributed by atoms with Crippen LogP contribution in [0.25, 0.3) is 0 Å². The summed E-state index contributed by atoms with van der Waals surface area (Å²) >= 11 is 0. The molecule has 78 valence electrons. The van der Waals surface area contributed by atoms with Gasteiger partial charge in [0.05, 0.1) is 0 Å². The van der Waals surface area contributed by atoms with E-state index in [0.717, 1.165) is 25.1 Å². The molecule has 0 spiro atoms. The lowest BCUT2D eigenvalue weighted by molar-refractivity contribution is 0.0511. The van der Waals surface area contributed by atoms with Crippen molar-refractivity contribution >= 4 is 0 Å². The molecule has 1 rings (SSSR count). The highest BCUT2D eigenvalue weighted by atomic mass is 16.7. The molecule has 0 amide bonds. The summed E-state index contributed by atoms with van der Waals surface area (Å²) in [7, 11) is 1.61. The number of aryl methyl sites for hydroxylation is 1. The van der Waals surface area contributed by atoms with Gasteiger partial charge in [-0.3, -0.25) is 0 Å². The molecule has 3 nitrogen and oxygen atoms in total. The molecule has 0 unspecified atom stereocenters. The molecule has 0 aliphatic rings. The standard InChI is InChI=1S/C11H17NO2/c1-13-9-14-11-6-2-4-10(8-11)5-3-7-12/h2,4,6,8H,3,5,7,9,12H2,1H3. The molecule has 0 radical (unpaired) electrons. The number of methoxy groups -OCH3 is 1. The molecule has 0 heterocycles. The van der Waals surface area contributed by atoms with E-state index in [-0.39, 0.29) is 0 Å². The third-order valence-corrected chi connectivity index (χ3v) is 1.91. The van der Waals surface area contributed by atoms with Gasteiger partial charge in [-0.25, -0.2) is 0 Å². The Hall–Kier alpha value is -1.06. The van der Waals surface area contributed by atoms with E-state index in [1.54, 1.807) is 7.11 Å². The van der Waals surface area contributed by atoms with Crippen molar-refractivity contribution in [2.24, 2.45) is 5.73 Å². The molecule has 0 aromatic heterocycles. The van der Waals surface area contributed by atoms with Gasteiger partial charge in [-0.1, -0.05) is 12.1 Å². The van der Waals surface area contributed by atoms with Crippen LogP contribution in [0.3, 0.4) is 0 Å². The second-order valence-corrected chi connectivity index (χ2v) is 3.09. The molecular formula is C11H17NO2. The summed E-state index contributed by atoms with van der Waals surface area (Å²) in [6.07, 6.45) is 2.01. The normalized spacial score (nSPS) is 10.1. The summed E-state index contributed by atoms with van der Waals surface area (Å²) in [4.78, 5) is 0. The van der Waals surface area contributed by atoms with E-state index < -0.39 is 0 Å². The van der Waals surface area contributed by atoms with E-state index >= 15 is 0 Å². The van der Waals surface area contributed by atoms with Gasteiger partial charge in [-0.2, -0.15) is 0 Å². The van der Waals surface area contributed by atoms with E-state index in [1.807, 2.05) is 18.2 Å². The summed E-state index contributed by atoms with van der Waals surface area (Å²) in [5.74, 6) is 0.848. The van der Waals surface area contributed by atoms with Crippen LogP contribution in [0.4, 0.5) is 0 Å². The van der Waals surface area contributed by atoms with Crippen molar-refractivity contribution in [3.63, 3.8) is 0 Å². The van der Waals surface area contributed by atoms with Crippen LogP contribution in [-0.4, -0.2) is 20.4 Å². The van der Waals surface area contributed by atoms with Crippen molar-refractivity contribution < 1.29 is 9.47 Å². The Morgan fingerprint density at radius 3 is 2.93 bits per heavy atom. The zero-order valence-corrected chi connectivity index (χ0v) is 8.53. The minimum atomic E-state index is 0.292. The summed E-state index contributed by atoms with van der Waals surface area (Å²) in [6, 6.07) is 8.01. The van der Waals surface area contributed by atoms with Crippen LogP contribution >= 0.6 is 0 Å². The fourth-order valence-electron chi connectivity index (χ4n) is 1.22. The van der Waals surface area contributed by atoms with Crippen LogP contribution in [0.15, 0.2) is 24.3 Å². The van der Waals surface area contributed by atoms with Crippen LogP contribution in [0, 0.1) is 0 Å². The first-order valence-corrected chi connectivity index (χ1v) is 4.77. The van der Waals surface area contributed by atoms with E-state index in [9.17, 15) is 0 Å². The summed E-state index contributed by atoms with van der Waals surface area (Å²) in [6.45, 7) is 1.02. The van der Waals surface area contributed by atoms with Crippen LogP contribution in [0.1, 0.15) is 12.0 Å². The van der Waals surface area contributed by atoms with Gasteiger partial charge in [0.25, 0.3) is 0 Å². The van der Waals surface area contributed by atoms with Crippen LogP contribution < -0.4 is 10.5 Å². The highest BCUT2D eigenvalue weighted by Crippen LogP contribution is 2.14. The van der Waals surface area contributed by atoms with Crippen molar-refractivity contribution in [3.05, 3.63) is 29.8 Å². The highest BCUT2D eigenvalue weighted by Gasteiger charge is 1.96. The third-order valence-electron chi connectivity index (χ3n) is 1.91. The summed E-state index contributed by atoms with van der Waals surface area (Å²) < 4.78 is 10.1. The predicted molar refractivity (Wildman–Crippen MR) is 56.3 cm³/mol. The minimum Gasteiger partial charge on any atom is -0.468 e. The Morgan fingerprint density at radius 1 is 1.36 bits per heavy atom. The lowest BCUT2D eigenvalue weighted by atomic mass is 10.1. The largest absolute Gasteiger partial charge is 0.468 e. The number of ether oxygens (including phenoxy) is 2. The Kier molecular flexibility index (Phi) is 5.04. The average Bonchev–Trinajstić information content (AvgIpc) is 2.24. The second kappa shape index (κ2) is 6.40. The number of benzene rings is 1. The van der Waals surface area contributed by atoms with Crippen molar-refractivity contribution in [3.8, 4) is 5.75 Å². The molecule has 0 atom stereocenters. The lowest BCUT2D eigenvalue weighted by Crippen LogP contribution is -2.01. The van der Waals surface area contributed by atoms with Gasteiger partial charge in [0.1, 0.15) is 5.75 Å². The van der Waals surface area contributed by atoms with Gasteiger partial charge in [-0.15, -0.1) is 0 Å². The molecule has 0 bridgehead atoms. The molecule has 1 aromatic carbocycles. The van der Waals surface area contributed by atoms with E-state index in [2.05, 4.69) is 6.07 Å². The summed E-state index contributed by atoms with van der Waals surface area (Å²) in [5.41, 5.74) is 6.70. The van der Waals surface area contributed by atoms with Gasteiger partial charge in [0.15, 0.2) is 6.79 Å². The maximum Gasteiger partial charge on any atom is 0.188 e. The first-order valence-electron chi connectivity index (χ1n) is 4.77. The Morgan fingerprint density at radius 2 is 2.21 bits per heavy atom. The zero-order valence-electron chi connectivity index (χ0n) is 8.53. The molecule has 0 saturated carbocycles. The van der Waals surface area contributed by atoms with Crippen molar-refractivity contribution in [1.82, 2.24) is 0 Å². The van der Waals surface area contributed by atoms with Gasteiger partial charge >= 0.3 is 0 Å². The second-order valence-electron chi connectivity index (χ2n) is 3.09. The molecule has 0 saturated heterocycles. The number of hydrogen-bond donors (Lipinski definition) is 1. The molecule has 3 heteroatoms. The number of nitrogens with two attached hydrogens (primary N) is 1. The third kappa shape index (κ3) is 3.77. The van der Waals surface area contributed by atoms with E-state index in [1.165, 1.54) is 5.56 Å². The highest BCUT2D eigenvalue weighted by molar-refractivity contribution is 5.28. The molecule has 2 N–H and O–H groups in total. The first kappa shape index (κ1) is 11.0. The zero-order chi connectivity index (χ0) is 10.2. The molecule has 0 aliphatic heterocycles. The Balaban J connectivity index is 2.50. The SMILES string of the molecule is COCOc1cccc(CCCN)c1. The van der Waals surface area contributed by atoms with Gasteiger partial charge < -0.3 is 15.2 Å². The van der Waals surface area contributed by atoms with Crippen LogP contribution in [0.5, 0.6) is 5.75 Å². The van der Waals surface area contributed by atoms with E-state index in [4.69, 9.17) is 15.2 Å². The predicted octanol–water partition coefficient (Wildman–Crippen LogP) is 1.56. The average molecular weight is 195 g/mol. The van der Waals surface area contributed by atoms with Crippen molar-refractivity contribution in [2.75, 3.05) is 20.4 Å². The van der Waals surface area contributed by atoms with Gasteiger partial charge in [0, 0.05) is 7.11 Å². The smallest absolute Gasteiger partial charge is 0.188 e. The molecule has 14 heavy (non-hydrogen) atoms. The van der Waals surface area contributed by atoms with Crippen molar-refractivity contribution in [1.29, 1.82) is 0 Å². The number of rotatable bonds is 6. The number of hydrogen-bond acceptors (Lipinski definition) is 3.